The molecular weight excluding hydrogens is 372 g/mol. The minimum atomic E-state index is -0.158. The van der Waals surface area contributed by atoms with E-state index in [1.54, 1.807) is 4.90 Å². The fraction of sp³-hybridized carbons (Fsp3) is 0.231. The lowest BCUT2D eigenvalue weighted by Crippen LogP contribution is -2.32. The first kappa shape index (κ1) is 19.9. The summed E-state index contributed by atoms with van der Waals surface area (Å²) in [5.41, 5.74) is 5.43. The molecule has 4 heteroatoms. The molecule has 0 saturated carbocycles. The summed E-state index contributed by atoms with van der Waals surface area (Å²) in [6.45, 7) is 0.545. The molecule has 30 heavy (non-hydrogen) atoms. The van der Waals surface area contributed by atoms with Crippen LogP contribution in [-0.2, 0) is 22.6 Å². The van der Waals surface area contributed by atoms with Gasteiger partial charge in [-0.25, -0.2) is 0 Å². The first-order valence-electron chi connectivity index (χ1n) is 10.4. The molecule has 152 valence electrons. The highest BCUT2D eigenvalue weighted by atomic mass is 16.2. The molecule has 0 radical (unpaired) electrons. The zero-order valence-corrected chi connectivity index (χ0v) is 17.2. The van der Waals surface area contributed by atoms with E-state index in [1.807, 2.05) is 61.6 Å². The van der Waals surface area contributed by atoms with Gasteiger partial charge >= 0.3 is 0 Å². The summed E-state index contributed by atoms with van der Waals surface area (Å²) in [6, 6.07) is 26.3. The van der Waals surface area contributed by atoms with E-state index >= 15 is 0 Å². The maximum atomic E-state index is 12.8. The van der Waals surface area contributed by atoms with Crippen molar-refractivity contribution in [3.63, 3.8) is 0 Å². The van der Waals surface area contributed by atoms with Gasteiger partial charge in [0.2, 0.25) is 11.8 Å². The van der Waals surface area contributed by atoms with Crippen LogP contribution in [0.5, 0.6) is 0 Å². The van der Waals surface area contributed by atoms with E-state index in [9.17, 15) is 9.59 Å². The predicted octanol–water partition coefficient (Wildman–Crippen LogP) is 4.90. The number of para-hydroxylation sites is 1. The summed E-state index contributed by atoms with van der Waals surface area (Å²) in [7, 11) is 1.83. The molecular formula is C26H26N2O2. The highest BCUT2D eigenvalue weighted by Gasteiger charge is 2.26. The molecule has 4 rings (SSSR count). The number of rotatable bonds is 6. The van der Waals surface area contributed by atoms with Crippen molar-refractivity contribution in [2.75, 3.05) is 12.4 Å². The summed E-state index contributed by atoms with van der Waals surface area (Å²) in [5.74, 6) is -0.0862. The van der Waals surface area contributed by atoms with Gasteiger partial charge in [-0.2, -0.15) is 0 Å². The third-order valence-corrected chi connectivity index (χ3v) is 5.75. The summed E-state index contributed by atoms with van der Waals surface area (Å²) >= 11 is 0. The minimum absolute atomic E-state index is 0.0126. The fourth-order valence-electron chi connectivity index (χ4n) is 4.04. The highest BCUT2D eigenvalue weighted by Crippen LogP contribution is 2.28. The molecule has 1 atom stereocenters. The lowest BCUT2D eigenvalue weighted by atomic mass is 9.89. The maximum absolute atomic E-state index is 12.8. The van der Waals surface area contributed by atoms with Crippen molar-refractivity contribution in [1.29, 1.82) is 0 Å². The van der Waals surface area contributed by atoms with Gasteiger partial charge in [0.15, 0.2) is 0 Å². The number of carbonyl (C=O) groups is 2. The van der Waals surface area contributed by atoms with Gasteiger partial charge in [0.1, 0.15) is 0 Å². The van der Waals surface area contributed by atoms with Gasteiger partial charge in [0.05, 0.1) is 0 Å². The molecule has 3 aromatic rings. The first-order valence-corrected chi connectivity index (χ1v) is 10.4. The van der Waals surface area contributed by atoms with Crippen LogP contribution in [0.4, 0.5) is 5.69 Å². The van der Waals surface area contributed by atoms with Crippen molar-refractivity contribution in [1.82, 2.24) is 4.90 Å². The predicted molar refractivity (Wildman–Crippen MR) is 120 cm³/mol. The molecule has 0 bridgehead atoms. The maximum Gasteiger partial charge on any atom is 0.227 e. The SMILES string of the molecule is CN(Cc1ccccc1-c1ccccc1)C(=O)CCC1Cc2ccccc2NC1=O. The van der Waals surface area contributed by atoms with Crippen LogP contribution in [0.3, 0.4) is 0 Å². The standard InChI is InChI=1S/C26H26N2O2/c1-28(18-22-12-5-7-13-23(22)19-9-3-2-4-10-19)25(29)16-15-21-17-20-11-6-8-14-24(20)27-26(21)30/h2-14,21H,15-18H2,1H3,(H,27,30). The Kier molecular flexibility index (Phi) is 5.94. The molecule has 0 aliphatic carbocycles. The number of nitrogens with one attached hydrogen (secondary N) is 1. The second kappa shape index (κ2) is 8.95. The van der Waals surface area contributed by atoms with Crippen LogP contribution in [0.1, 0.15) is 24.0 Å². The average molecular weight is 399 g/mol. The second-order valence-corrected chi connectivity index (χ2v) is 7.86. The Morgan fingerprint density at radius 3 is 2.50 bits per heavy atom. The third kappa shape index (κ3) is 4.43. The number of hydrogen-bond acceptors (Lipinski definition) is 2. The van der Waals surface area contributed by atoms with Gasteiger partial charge in [-0.15, -0.1) is 0 Å². The Labute approximate surface area is 177 Å². The largest absolute Gasteiger partial charge is 0.341 e. The van der Waals surface area contributed by atoms with Gasteiger partial charge in [-0.1, -0.05) is 72.8 Å². The van der Waals surface area contributed by atoms with E-state index < -0.39 is 0 Å². The van der Waals surface area contributed by atoms with E-state index in [4.69, 9.17) is 0 Å². The summed E-state index contributed by atoms with van der Waals surface area (Å²) in [6.07, 6.45) is 1.61. The van der Waals surface area contributed by atoms with Crippen LogP contribution >= 0.6 is 0 Å². The van der Waals surface area contributed by atoms with Crippen LogP contribution in [0.25, 0.3) is 11.1 Å². The van der Waals surface area contributed by atoms with E-state index in [0.29, 0.717) is 25.8 Å². The van der Waals surface area contributed by atoms with Crippen LogP contribution in [0.2, 0.25) is 0 Å². The Hall–Kier alpha value is -3.40. The van der Waals surface area contributed by atoms with Crippen LogP contribution < -0.4 is 5.32 Å². The number of fused-ring (bicyclic) bond motifs is 1. The molecule has 0 aromatic heterocycles. The monoisotopic (exact) mass is 398 g/mol. The quantitative estimate of drug-likeness (QED) is 0.642. The number of benzene rings is 3. The van der Waals surface area contributed by atoms with Gasteiger partial charge < -0.3 is 10.2 Å². The third-order valence-electron chi connectivity index (χ3n) is 5.75. The van der Waals surface area contributed by atoms with E-state index in [2.05, 4.69) is 29.6 Å². The molecule has 0 spiro atoms. The van der Waals surface area contributed by atoms with Crippen molar-refractivity contribution in [2.24, 2.45) is 5.92 Å². The van der Waals surface area contributed by atoms with Crippen molar-refractivity contribution in [3.05, 3.63) is 90.0 Å². The van der Waals surface area contributed by atoms with E-state index in [1.165, 1.54) is 0 Å². The molecule has 3 aromatic carbocycles. The van der Waals surface area contributed by atoms with Gasteiger partial charge in [0, 0.05) is 31.6 Å². The number of hydrogen-bond donors (Lipinski definition) is 1. The molecule has 1 aliphatic heterocycles. The zero-order valence-electron chi connectivity index (χ0n) is 17.2. The van der Waals surface area contributed by atoms with E-state index in [-0.39, 0.29) is 17.7 Å². The van der Waals surface area contributed by atoms with Gasteiger partial charge in [0.25, 0.3) is 0 Å². The van der Waals surface area contributed by atoms with Crippen LogP contribution in [0, 0.1) is 5.92 Å². The number of anilines is 1. The smallest absolute Gasteiger partial charge is 0.227 e. The molecule has 0 saturated heterocycles. The van der Waals surface area contributed by atoms with Crippen molar-refractivity contribution >= 4 is 17.5 Å². The molecule has 1 aliphatic rings. The Balaban J connectivity index is 1.38. The highest BCUT2D eigenvalue weighted by molar-refractivity contribution is 5.96. The molecule has 2 amide bonds. The molecule has 1 heterocycles. The lowest BCUT2D eigenvalue weighted by molar-refractivity contribution is -0.131. The molecule has 1 N–H and O–H groups in total. The normalized spacial score (nSPS) is 15.2. The first-order chi connectivity index (χ1) is 14.6. The zero-order chi connectivity index (χ0) is 20.9. The van der Waals surface area contributed by atoms with Crippen molar-refractivity contribution < 1.29 is 9.59 Å². The summed E-state index contributed by atoms with van der Waals surface area (Å²) < 4.78 is 0. The van der Waals surface area contributed by atoms with Gasteiger partial charge in [-0.05, 0) is 41.2 Å². The summed E-state index contributed by atoms with van der Waals surface area (Å²) in [4.78, 5) is 26.9. The fourth-order valence-corrected chi connectivity index (χ4v) is 4.04. The Bertz CT molecular complexity index is 1050. The second-order valence-electron chi connectivity index (χ2n) is 7.86. The average Bonchev–Trinajstić information content (AvgIpc) is 2.78. The van der Waals surface area contributed by atoms with E-state index in [0.717, 1.165) is 27.9 Å². The molecule has 4 nitrogen and oxygen atoms in total. The minimum Gasteiger partial charge on any atom is -0.341 e. The topological polar surface area (TPSA) is 49.4 Å². The Morgan fingerprint density at radius 1 is 0.967 bits per heavy atom. The lowest BCUT2D eigenvalue weighted by Gasteiger charge is -2.25. The Morgan fingerprint density at radius 2 is 1.67 bits per heavy atom. The molecule has 0 fully saturated rings. The number of nitrogens with zero attached hydrogens (tertiary/aromatic N) is 1. The van der Waals surface area contributed by atoms with Crippen molar-refractivity contribution in [3.8, 4) is 11.1 Å². The summed E-state index contributed by atoms with van der Waals surface area (Å²) in [5, 5.41) is 2.96. The van der Waals surface area contributed by atoms with Crippen LogP contribution in [0.15, 0.2) is 78.9 Å². The van der Waals surface area contributed by atoms with Crippen LogP contribution in [-0.4, -0.2) is 23.8 Å². The van der Waals surface area contributed by atoms with Crippen molar-refractivity contribution in [2.45, 2.75) is 25.8 Å². The molecule has 1 unspecified atom stereocenters. The van der Waals surface area contributed by atoms with Gasteiger partial charge in [-0.3, -0.25) is 9.59 Å². The number of amides is 2. The number of carbonyl (C=O) groups excluding carboxylic acids is 2.